The van der Waals surface area contributed by atoms with Crippen molar-refractivity contribution in [1.82, 2.24) is 4.90 Å². The maximum Gasteiger partial charge on any atom is 0.505 e. The fourth-order valence-electron chi connectivity index (χ4n) is 2.21. The summed E-state index contributed by atoms with van der Waals surface area (Å²) >= 11 is 0. The van der Waals surface area contributed by atoms with Crippen LogP contribution in [0, 0.1) is 10.1 Å². The highest BCUT2D eigenvalue weighted by Crippen LogP contribution is 2.22. The third kappa shape index (κ3) is 3.84. The highest BCUT2D eigenvalue weighted by Gasteiger charge is 2.31. The Labute approximate surface area is 125 Å². The second kappa shape index (κ2) is 6.74. The SMILES string of the molecule is O=C(O)OCC1CCCN1C(=O)Oc1ccc([N+](=O)[O-])cc1. The molecule has 9 nitrogen and oxygen atoms in total. The molecular formula is C13H14N2O7. The van der Waals surface area contributed by atoms with Crippen LogP contribution in [-0.2, 0) is 4.74 Å². The van der Waals surface area contributed by atoms with Crippen LogP contribution in [0.3, 0.4) is 0 Å². The van der Waals surface area contributed by atoms with Crippen molar-refractivity contribution >= 4 is 17.9 Å². The molecule has 1 aliphatic heterocycles. The predicted molar refractivity (Wildman–Crippen MR) is 72.8 cm³/mol. The molecule has 1 atom stereocenters. The molecule has 1 saturated heterocycles. The Morgan fingerprint density at radius 1 is 1.36 bits per heavy atom. The van der Waals surface area contributed by atoms with Gasteiger partial charge in [0.25, 0.3) is 5.69 Å². The van der Waals surface area contributed by atoms with E-state index in [-0.39, 0.29) is 24.1 Å². The number of rotatable bonds is 4. The normalized spacial score (nSPS) is 17.1. The molecule has 0 aliphatic carbocycles. The van der Waals surface area contributed by atoms with E-state index in [1.54, 1.807) is 0 Å². The van der Waals surface area contributed by atoms with Gasteiger partial charge in [0, 0.05) is 18.7 Å². The number of nitro groups is 1. The highest BCUT2D eigenvalue weighted by molar-refractivity contribution is 5.71. The van der Waals surface area contributed by atoms with Gasteiger partial charge in [-0.05, 0) is 25.0 Å². The van der Waals surface area contributed by atoms with Crippen molar-refractivity contribution in [2.75, 3.05) is 13.2 Å². The first-order valence-corrected chi connectivity index (χ1v) is 6.56. The number of benzene rings is 1. The summed E-state index contributed by atoms with van der Waals surface area (Å²) in [5, 5.41) is 19.0. The van der Waals surface area contributed by atoms with E-state index >= 15 is 0 Å². The number of non-ortho nitro benzene ring substituents is 1. The standard InChI is InChI=1S/C13H14N2O7/c16-12(14-7-1-2-10(14)8-21-13(17)18)22-11-5-3-9(4-6-11)15(19)20/h3-6,10H,1-2,7-8H2,(H,17,18). The molecule has 9 heteroatoms. The van der Waals surface area contributed by atoms with Crippen LogP contribution in [0.2, 0.25) is 0 Å². The molecule has 0 aromatic heterocycles. The zero-order valence-electron chi connectivity index (χ0n) is 11.5. The van der Waals surface area contributed by atoms with Gasteiger partial charge in [0.15, 0.2) is 0 Å². The Balaban J connectivity index is 1.95. The summed E-state index contributed by atoms with van der Waals surface area (Å²) in [5.41, 5.74) is -0.103. The number of likely N-dealkylation sites (tertiary alicyclic amines) is 1. The fourth-order valence-corrected chi connectivity index (χ4v) is 2.21. The van der Waals surface area contributed by atoms with E-state index in [1.165, 1.54) is 29.2 Å². The minimum atomic E-state index is -1.39. The molecule has 22 heavy (non-hydrogen) atoms. The molecule has 0 bridgehead atoms. The van der Waals surface area contributed by atoms with Gasteiger partial charge in [0.2, 0.25) is 0 Å². The van der Waals surface area contributed by atoms with Crippen LogP contribution in [0.5, 0.6) is 5.75 Å². The largest absolute Gasteiger partial charge is 0.505 e. The first-order chi connectivity index (χ1) is 10.5. The minimum Gasteiger partial charge on any atom is -0.450 e. The summed E-state index contributed by atoms with van der Waals surface area (Å²) in [4.78, 5) is 33.8. The number of carbonyl (C=O) groups is 2. The van der Waals surface area contributed by atoms with Crippen LogP contribution in [0.4, 0.5) is 15.3 Å². The zero-order chi connectivity index (χ0) is 16.1. The van der Waals surface area contributed by atoms with Gasteiger partial charge in [-0.1, -0.05) is 0 Å². The van der Waals surface area contributed by atoms with Crippen molar-refractivity contribution < 1.29 is 29.1 Å². The van der Waals surface area contributed by atoms with E-state index in [4.69, 9.17) is 9.84 Å². The first-order valence-electron chi connectivity index (χ1n) is 6.56. The van der Waals surface area contributed by atoms with E-state index in [0.29, 0.717) is 13.0 Å². The quantitative estimate of drug-likeness (QED) is 0.514. The summed E-state index contributed by atoms with van der Waals surface area (Å²) in [6.07, 6.45) is -0.674. The average Bonchev–Trinajstić information content (AvgIpc) is 2.94. The second-order valence-corrected chi connectivity index (χ2v) is 4.69. The zero-order valence-corrected chi connectivity index (χ0v) is 11.5. The smallest absolute Gasteiger partial charge is 0.450 e. The summed E-state index contributed by atoms with van der Waals surface area (Å²) < 4.78 is 9.62. The number of amides is 1. The fraction of sp³-hybridized carbons (Fsp3) is 0.385. The van der Waals surface area contributed by atoms with Crippen molar-refractivity contribution in [3.63, 3.8) is 0 Å². The lowest BCUT2D eigenvalue weighted by atomic mass is 10.2. The third-order valence-electron chi connectivity index (χ3n) is 3.26. The molecule has 1 amide bonds. The summed E-state index contributed by atoms with van der Waals surface area (Å²) in [7, 11) is 0. The lowest BCUT2D eigenvalue weighted by Crippen LogP contribution is -2.40. The first kappa shape index (κ1) is 15.5. The Morgan fingerprint density at radius 3 is 2.64 bits per heavy atom. The Bertz CT molecular complexity index is 572. The van der Waals surface area contributed by atoms with Gasteiger partial charge in [-0.3, -0.25) is 10.1 Å². The molecule has 118 valence electrons. The van der Waals surface area contributed by atoms with E-state index in [2.05, 4.69) is 4.74 Å². The topological polar surface area (TPSA) is 119 Å². The van der Waals surface area contributed by atoms with Crippen LogP contribution in [-0.4, -0.2) is 46.4 Å². The molecule has 1 aromatic rings. The van der Waals surface area contributed by atoms with Gasteiger partial charge < -0.3 is 19.5 Å². The number of hydrogen-bond acceptors (Lipinski definition) is 6. The lowest BCUT2D eigenvalue weighted by molar-refractivity contribution is -0.384. The maximum absolute atomic E-state index is 12.1. The van der Waals surface area contributed by atoms with Crippen LogP contribution in [0.15, 0.2) is 24.3 Å². The van der Waals surface area contributed by atoms with E-state index in [9.17, 15) is 19.7 Å². The third-order valence-corrected chi connectivity index (χ3v) is 3.26. The molecule has 1 fully saturated rings. The number of hydrogen-bond donors (Lipinski definition) is 1. The van der Waals surface area contributed by atoms with Crippen molar-refractivity contribution in [2.24, 2.45) is 0 Å². The van der Waals surface area contributed by atoms with Gasteiger partial charge in [0.1, 0.15) is 12.4 Å². The molecule has 0 saturated carbocycles. The molecule has 2 rings (SSSR count). The molecule has 1 aromatic carbocycles. The predicted octanol–water partition coefficient (Wildman–Crippen LogP) is 2.25. The van der Waals surface area contributed by atoms with Crippen LogP contribution >= 0.6 is 0 Å². The van der Waals surface area contributed by atoms with E-state index in [0.717, 1.165) is 6.42 Å². The molecular weight excluding hydrogens is 296 g/mol. The van der Waals surface area contributed by atoms with Crippen LogP contribution in [0.1, 0.15) is 12.8 Å². The molecule has 0 radical (unpaired) electrons. The Morgan fingerprint density at radius 2 is 2.05 bits per heavy atom. The van der Waals surface area contributed by atoms with Crippen molar-refractivity contribution in [2.45, 2.75) is 18.9 Å². The van der Waals surface area contributed by atoms with Gasteiger partial charge in [-0.2, -0.15) is 0 Å². The van der Waals surface area contributed by atoms with Crippen molar-refractivity contribution in [3.8, 4) is 5.75 Å². The van der Waals surface area contributed by atoms with Gasteiger partial charge >= 0.3 is 12.2 Å². The number of carboxylic acid groups (broad SMARTS) is 1. The molecule has 1 unspecified atom stereocenters. The Hall–Kier alpha value is -2.84. The van der Waals surface area contributed by atoms with E-state index in [1.807, 2.05) is 0 Å². The number of carbonyl (C=O) groups excluding carboxylic acids is 1. The highest BCUT2D eigenvalue weighted by atomic mass is 16.7. The summed E-state index contributed by atoms with van der Waals surface area (Å²) in [5.74, 6) is 0.181. The number of ether oxygens (including phenoxy) is 2. The lowest BCUT2D eigenvalue weighted by Gasteiger charge is -2.23. The maximum atomic E-state index is 12.1. The average molecular weight is 310 g/mol. The number of nitrogens with zero attached hydrogens (tertiary/aromatic N) is 2. The van der Waals surface area contributed by atoms with Crippen molar-refractivity contribution in [3.05, 3.63) is 34.4 Å². The van der Waals surface area contributed by atoms with Crippen molar-refractivity contribution in [1.29, 1.82) is 0 Å². The monoisotopic (exact) mass is 310 g/mol. The number of nitro benzene ring substituents is 1. The molecule has 0 spiro atoms. The molecule has 1 N–H and O–H groups in total. The second-order valence-electron chi connectivity index (χ2n) is 4.69. The molecule has 1 heterocycles. The van der Waals surface area contributed by atoms with Crippen LogP contribution < -0.4 is 4.74 Å². The Kier molecular flexibility index (Phi) is 4.77. The van der Waals surface area contributed by atoms with Gasteiger partial charge in [-0.15, -0.1) is 0 Å². The summed E-state index contributed by atoms with van der Waals surface area (Å²) in [6.45, 7) is 0.337. The van der Waals surface area contributed by atoms with Gasteiger partial charge in [-0.25, -0.2) is 9.59 Å². The van der Waals surface area contributed by atoms with E-state index < -0.39 is 17.2 Å². The molecule has 1 aliphatic rings. The van der Waals surface area contributed by atoms with Crippen LogP contribution in [0.25, 0.3) is 0 Å². The minimum absolute atomic E-state index is 0.103. The summed E-state index contributed by atoms with van der Waals surface area (Å²) in [6, 6.07) is 4.76. The van der Waals surface area contributed by atoms with Gasteiger partial charge in [0.05, 0.1) is 11.0 Å².